The molecule has 2 N–H and O–H groups in total. The van der Waals surface area contributed by atoms with E-state index in [1.165, 1.54) is 0 Å². The van der Waals surface area contributed by atoms with Crippen molar-refractivity contribution in [2.75, 3.05) is 24.2 Å². The van der Waals surface area contributed by atoms with Gasteiger partial charge in [0.15, 0.2) is 5.82 Å². The molecule has 3 nitrogen and oxygen atoms in total. The summed E-state index contributed by atoms with van der Waals surface area (Å²) in [5, 5.41) is 0. The molecule has 1 rings (SSSR count). The lowest BCUT2D eigenvalue weighted by Gasteiger charge is -2.20. The lowest BCUT2D eigenvalue weighted by molar-refractivity contribution is 0.584. The average Bonchev–Trinajstić information content (AvgIpc) is 2.15. The highest BCUT2D eigenvalue weighted by Gasteiger charge is 2.06. The van der Waals surface area contributed by atoms with Gasteiger partial charge in [-0.1, -0.05) is 13.8 Å². The quantitative estimate of drug-likeness (QED) is 0.796. The molecule has 0 aliphatic heterocycles. The molecule has 0 atom stereocenters. The van der Waals surface area contributed by atoms with E-state index < -0.39 is 0 Å². The first-order chi connectivity index (χ1) is 6.61. The van der Waals surface area contributed by atoms with Crippen LogP contribution in [0.4, 0.5) is 11.5 Å². The Kier molecular flexibility index (Phi) is 3.74. The number of aromatic nitrogens is 1. The summed E-state index contributed by atoms with van der Waals surface area (Å²) in [5.74, 6) is 1.59. The van der Waals surface area contributed by atoms with E-state index in [2.05, 4.69) is 23.7 Å². The van der Waals surface area contributed by atoms with Crippen LogP contribution in [0.2, 0.25) is 0 Å². The fraction of sp³-hybridized carbons (Fsp3) is 0.545. The number of rotatable bonds is 4. The molecule has 0 spiro atoms. The molecule has 0 radical (unpaired) electrons. The second-order valence-corrected chi connectivity index (χ2v) is 4.02. The van der Waals surface area contributed by atoms with Crippen molar-refractivity contribution in [1.82, 2.24) is 4.98 Å². The molecule has 0 fully saturated rings. The predicted molar refractivity (Wildman–Crippen MR) is 61.4 cm³/mol. The van der Waals surface area contributed by atoms with Gasteiger partial charge in [-0.3, -0.25) is 0 Å². The smallest absolute Gasteiger partial charge is 0.151 e. The van der Waals surface area contributed by atoms with Gasteiger partial charge in [0.1, 0.15) is 0 Å². The predicted octanol–water partition coefficient (Wildman–Crippen LogP) is 2.15. The van der Waals surface area contributed by atoms with Gasteiger partial charge in [0.2, 0.25) is 0 Å². The zero-order valence-electron chi connectivity index (χ0n) is 9.20. The van der Waals surface area contributed by atoms with Crippen molar-refractivity contribution in [1.29, 1.82) is 0 Å². The van der Waals surface area contributed by atoms with Crippen molar-refractivity contribution >= 4 is 11.5 Å². The van der Waals surface area contributed by atoms with Gasteiger partial charge in [-0.25, -0.2) is 4.98 Å². The highest BCUT2D eigenvalue weighted by atomic mass is 15.2. The molecule has 0 amide bonds. The van der Waals surface area contributed by atoms with Crippen LogP contribution in [0.1, 0.15) is 20.3 Å². The first-order valence-electron chi connectivity index (χ1n) is 5.03. The zero-order chi connectivity index (χ0) is 10.6. The van der Waals surface area contributed by atoms with Crippen LogP contribution >= 0.6 is 0 Å². The Morgan fingerprint density at radius 3 is 2.79 bits per heavy atom. The standard InChI is InChI=1S/C11H19N3/c1-9(2)6-8-14(3)11-10(12)5-4-7-13-11/h4-5,7,9H,6,8,12H2,1-3H3. The summed E-state index contributed by atoms with van der Waals surface area (Å²) in [5.41, 5.74) is 6.57. The Bertz CT molecular complexity index is 284. The Morgan fingerprint density at radius 2 is 2.21 bits per heavy atom. The number of hydrogen-bond acceptors (Lipinski definition) is 3. The SMILES string of the molecule is CC(C)CCN(C)c1ncccc1N. The van der Waals surface area contributed by atoms with Crippen LogP contribution < -0.4 is 10.6 Å². The highest BCUT2D eigenvalue weighted by Crippen LogP contribution is 2.18. The Hall–Kier alpha value is -1.25. The molecule has 0 saturated heterocycles. The molecule has 0 aliphatic carbocycles. The minimum atomic E-state index is 0.711. The summed E-state index contributed by atoms with van der Waals surface area (Å²) in [6, 6.07) is 3.74. The van der Waals surface area contributed by atoms with E-state index in [-0.39, 0.29) is 0 Å². The van der Waals surface area contributed by atoms with Crippen LogP contribution in [0, 0.1) is 5.92 Å². The third-order valence-electron chi connectivity index (χ3n) is 2.22. The van der Waals surface area contributed by atoms with Crippen LogP contribution in [-0.2, 0) is 0 Å². The lowest BCUT2D eigenvalue weighted by Crippen LogP contribution is -2.22. The number of hydrogen-bond donors (Lipinski definition) is 1. The molecule has 0 saturated carbocycles. The van der Waals surface area contributed by atoms with E-state index >= 15 is 0 Å². The van der Waals surface area contributed by atoms with E-state index in [0.717, 1.165) is 24.5 Å². The minimum absolute atomic E-state index is 0.711. The molecule has 1 heterocycles. The molecule has 3 heteroatoms. The largest absolute Gasteiger partial charge is 0.396 e. The molecular weight excluding hydrogens is 174 g/mol. The third-order valence-corrected chi connectivity index (χ3v) is 2.22. The third kappa shape index (κ3) is 2.91. The maximum atomic E-state index is 5.82. The van der Waals surface area contributed by atoms with Crippen molar-refractivity contribution in [3.63, 3.8) is 0 Å². The Morgan fingerprint density at radius 1 is 1.50 bits per heavy atom. The summed E-state index contributed by atoms with van der Waals surface area (Å²) < 4.78 is 0. The molecule has 1 aromatic heterocycles. The van der Waals surface area contributed by atoms with Gasteiger partial charge >= 0.3 is 0 Å². The summed E-state index contributed by atoms with van der Waals surface area (Å²) in [6.07, 6.45) is 2.93. The topological polar surface area (TPSA) is 42.2 Å². The van der Waals surface area contributed by atoms with Crippen molar-refractivity contribution < 1.29 is 0 Å². The Balaban J connectivity index is 2.60. The lowest BCUT2D eigenvalue weighted by atomic mass is 10.1. The van der Waals surface area contributed by atoms with Crippen LogP contribution in [0.3, 0.4) is 0 Å². The van der Waals surface area contributed by atoms with E-state index in [0.29, 0.717) is 5.92 Å². The van der Waals surface area contributed by atoms with Crippen molar-refractivity contribution in [3.05, 3.63) is 18.3 Å². The van der Waals surface area contributed by atoms with Gasteiger partial charge in [-0.15, -0.1) is 0 Å². The summed E-state index contributed by atoms with van der Waals surface area (Å²) in [7, 11) is 2.03. The number of nitrogens with two attached hydrogens (primary N) is 1. The summed E-state index contributed by atoms with van der Waals surface area (Å²) in [4.78, 5) is 6.36. The second kappa shape index (κ2) is 4.84. The zero-order valence-corrected chi connectivity index (χ0v) is 9.20. The molecule has 0 unspecified atom stereocenters. The minimum Gasteiger partial charge on any atom is -0.396 e. The molecule has 14 heavy (non-hydrogen) atoms. The summed E-state index contributed by atoms with van der Waals surface area (Å²) >= 11 is 0. The van der Waals surface area contributed by atoms with E-state index in [4.69, 9.17) is 5.73 Å². The van der Waals surface area contributed by atoms with Crippen LogP contribution in [-0.4, -0.2) is 18.6 Å². The molecular formula is C11H19N3. The first kappa shape index (κ1) is 10.8. The molecule has 0 aliphatic rings. The number of nitrogens with zero attached hydrogens (tertiary/aromatic N) is 2. The van der Waals surface area contributed by atoms with Crippen LogP contribution in [0.25, 0.3) is 0 Å². The van der Waals surface area contributed by atoms with Gasteiger partial charge in [0.05, 0.1) is 5.69 Å². The fourth-order valence-electron chi connectivity index (χ4n) is 1.29. The second-order valence-electron chi connectivity index (χ2n) is 4.02. The van der Waals surface area contributed by atoms with Gasteiger partial charge in [-0.2, -0.15) is 0 Å². The van der Waals surface area contributed by atoms with E-state index in [1.54, 1.807) is 6.20 Å². The van der Waals surface area contributed by atoms with Gasteiger partial charge < -0.3 is 10.6 Å². The molecule has 0 aromatic carbocycles. The van der Waals surface area contributed by atoms with Crippen LogP contribution in [0.15, 0.2) is 18.3 Å². The van der Waals surface area contributed by atoms with Crippen LogP contribution in [0.5, 0.6) is 0 Å². The molecule has 78 valence electrons. The number of pyridine rings is 1. The molecule has 1 aromatic rings. The highest BCUT2D eigenvalue weighted by molar-refractivity contribution is 5.61. The van der Waals surface area contributed by atoms with E-state index in [1.807, 2.05) is 19.2 Å². The van der Waals surface area contributed by atoms with Gasteiger partial charge in [0.25, 0.3) is 0 Å². The van der Waals surface area contributed by atoms with E-state index in [9.17, 15) is 0 Å². The monoisotopic (exact) mass is 193 g/mol. The summed E-state index contributed by atoms with van der Waals surface area (Å²) in [6.45, 7) is 5.43. The molecule has 0 bridgehead atoms. The van der Waals surface area contributed by atoms with Gasteiger partial charge in [-0.05, 0) is 24.5 Å². The maximum absolute atomic E-state index is 5.82. The maximum Gasteiger partial charge on any atom is 0.151 e. The van der Waals surface area contributed by atoms with Crippen molar-refractivity contribution in [2.45, 2.75) is 20.3 Å². The Labute approximate surface area is 85.9 Å². The average molecular weight is 193 g/mol. The fourth-order valence-corrected chi connectivity index (χ4v) is 1.29. The van der Waals surface area contributed by atoms with Gasteiger partial charge in [0, 0.05) is 19.8 Å². The normalized spacial score (nSPS) is 10.6. The first-order valence-corrected chi connectivity index (χ1v) is 5.03. The number of nitrogen functional groups attached to an aromatic ring is 1. The number of anilines is 2. The van der Waals surface area contributed by atoms with Crippen molar-refractivity contribution in [2.24, 2.45) is 5.92 Å². The van der Waals surface area contributed by atoms with Crippen molar-refractivity contribution in [3.8, 4) is 0 Å².